The summed E-state index contributed by atoms with van der Waals surface area (Å²) in [5.41, 5.74) is 5.57. The van der Waals surface area contributed by atoms with Gasteiger partial charge in [-0.25, -0.2) is 4.79 Å². The maximum absolute atomic E-state index is 12.6. The minimum Gasteiger partial charge on any atom is -0.447 e. The van der Waals surface area contributed by atoms with Crippen molar-refractivity contribution in [2.45, 2.75) is 6.04 Å². The molecule has 6 heteroatoms. The number of hydrogen-bond donors (Lipinski definition) is 2. The Morgan fingerprint density at radius 2 is 1.77 bits per heavy atom. The number of anilines is 1. The van der Waals surface area contributed by atoms with Gasteiger partial charge in [0.25, 0.3) is 0 Å². The van der Waals surface area contributed by atoms with Crippen LogP contribution < -0.4 is 4.90 Å². The van der Waals surface area contributed by atoms with E-state index >= 15 is 0 Å². The van der Waals surface area contributed by atoms with Gasteiger partial charge in [-0.2, -0.15) is 5.10 Å². The molecule has 6 nitrogen and oxygen atoms in total. The third-order valence-corrected chi connectivity index (χ3v) is 5.67. The number of aromatic amines is 2. The van der Waals surface area contributed by atoms with Gasteiger partial charge in [0.2, 0.25) is 0 Å². The molecule has 0 aliphatic carbocycles. The first-order valence-corrected chi connectivity index (χ1v) is 9.85. The summed E-state index contributed by atoms with van der Waals surface area (Å²) in [5, 5.41) is 9.71. The molecule has 1 saturated heterocycles. The zero-order chi connectivity index (χ0) is 20.1. The van der Waals surface area contributed by atoms with Crippen LogP contribution in [0, 0.1) is 0 Å². The summed E-state index contributed by atoms with van der Waals surface area (Å²) in [6, 6.07) is 25.9. The summed E-state index contributed by atoms with van der Waals surface area (Å²) in [6.45, 7) is 0.334. The molecule has 0 saturated carbocycles. The number of nitrogens with one attached hydrogen (secondary N) is 2. The van der Waals surface area contributed by atoms with Crippen LogP contribution in [-0.4, -0.2) is 27.9 Å². The van der Waals surface area contributed by atoms with Crippen LogP contribution in [0.15, 0.2) is 78.9 Å². The molecule has 1 aliphatic heterocycles. The maximum Gasteiger partial charge on any atom is 0.415 e. The Hall–Kier alpha value is -4.06. The van der Waals surface area contributed by atoms with Crippen molar-refractivity contribution >= 4 is 33.6 Å². The number of cyclic esters (lactones) is 1. The fraction of sp³-hybridized carbons (Fsp3) is 0.0833. The Bertz CT molecular complexity index is 1350. The molecule has 3 aromatic carbocycles. The number of para-hydroxylation sites is 1. The first-order chi connectivity index (χ1) is 14.8. The second kappa shape index (κ2) is 6.49. The van der Waals surface area contributed by atoms with Crippen LogP contribution in [0.2, 0.25) is 0 Å². The number of amides is 1. The van der Waals surface area contributed by atoms with Gasteiger partial charge in [0.05, 0.1) is 17.3 Å². The number of carbonyl (C=O) groups excluding carboxylic acids is 1. The van der Waals surface area contributed by atoms with Gasteiger partial charge in [-0.3, -0.25) is 10.00 Å². The van der Waals surface area contributed by atoms with Crippen LogP contribution in [-0.2, 0) is 4.74 Å². The Kier molecular flexibility index (Phi) is 3.64. The monoisotopic (exact) mass is 394 g/mol. The quantitative estimate of drug-likeness (QED) is 0.430. The lowest BCUT2D eigenvalue weighted by atomic mass is 10.1. The van der Waals surface area contributed by atoms with Crippen LogP contribution in [0.3, 0.4) is 0 Å². The number of nitrogens with zero attached hydrogens (tertiary/aromatic N) is 2. The van der Waals surface area contributed by atoms with Gasteiger partial charge in [-0.05, 0) is 35.9 Å². The topological polar surface area (TPSA) is 74.0 Å². The Labute approximate surface area is 172 Å². The highest BCUT2D eigenvalue weighted by atomic mass is 16.6. The Morgan fingerprint density at radius 3 is 2.63 bits per heavy atom. The zero-order valence-electron chi connectivity index (χ0n) is 16.0. The molecule has 0 radical (unpaired) electrons. The van der Waals surface area contributed by atoms with E-state index in [0.717, 1.165) is 44.4 Å². The molecule has 3 heterocycles. The van der Waals surface area contributed by atoms with Gasteiger partial charge < -0.3 is 9.72 Å². The molecule has 1 unspecified atom stereocenters. The molecule has 0 spiro atoms. The summed E-state index contributed by atoms with van der Waals surface area (Å²) in [5.74, 6) is 0. The number of fused-ring (bicyclic) bond motifs is 2. The van der Waals surface area contributed by atoms with Crippen molar-refractivity contribution in [3.8, 4) is 11.4 Å². The first-order valence-electron chi connectivity index (χ1n) is 9.85. The van der Waals surface area contributed by atoms with E-state index in [1.54, 1.807) is 4.90 Å². The standard InChI is InChI=1S/C24H18N4O2/c29-24-28(22(14-30-24)15-6-2-1-3-7-15)17-10-11-20-18(13-17)23(27-26-20)21-12-16-8-4-5-9-19(16)25-21/h1-13,22,25H,14H2,(H,26,27). The van der Waals surface area contributed by atoms with Crippen molar-refractivity contribution in [2.24, 2.45) is 0 Å². The molecule has 5 aromatic rings. The molecule has 1 atom stereocenters. The number of benzene rings is 3. The average Bonchev–Trinajstić information content (AvgIpc) is 3.49. The van der Waals surface area contributed by atoms with E-state index in [9.17, 15) is 4.79 Å². The SMILES string of the molecule is O=C1OCC(c2ccccc2)N1c1ccc2[nH]nc(-c3cc4ccccc4[nH]3)c2c1. The Balaban J connectivity index is 1.46. The van der Waals surface area contributed by atoms with Crippen LogP contribution in [0.25, 0.3) is 33.2 Å². The van der Waals surface area contributed by atoms with Gasteiger partial charge in [0.1, 0.15) is 12.3 Å². The summed E-state index contributed by atoms with van der Waals surface area (Å²) in [6.07, 6.45) is -0.334. The first kappa shape index (κ1) is 16.9. The molecular formula is C24H18N4O2. The van der Waals surface area contributed by atoms with Gasteiger partial charge in [0.15, 0.2) is 0 Å². The second-order valence-electron chi connectivity index (χ2n) is 7.45. The number of hydrogen-bond acceptors (Lipinski definition) is 3. The summed E-state index contributed by atoms with van der Waals surface area (Å²) in [4.78, 5) is 17.7. The molecule has 146 valence electrons. The van der Waals surface area contributed by atoms with Gasteiger partial charge in [0, 0.05) is 22.0 Å². The van der Waals surface area contributed by atoms with Crippen LogP contribution in [0.5, 0.6) is 0 Å². The van der Waals surface area contributed by atoms with E-state index in [0.29, 0.717) is 6.61 Å². The Morgan fingerprint density at radius 1 is 0.933 bits per heavy atom. The molecule has 1 amide bonds. The molecule has 6 rings (SSSR count). The van der Waals surface area contributed by atoms with E-state index in [1.165, 1.54) is 0 Å². The van der Waals surface area contributed by atoms with Crippen molar-refractivity contribution < 1.29 is 9.53 Å². The minimum absolute atomic E-state index is 0.153. The lowest BCUT2D eigenvalue weighted by molar-refractivity contribution is 0.179. The molecule has 1 fully saturated rings. The summed E-state index contributed by atoms with van der Waals surface area (Å²) in [7, 11) is 0. The van der Waals surface area contributed by atoms with Crippen LogP contribution >= 0.6 is 0 Å². The predicted octanol–water partition coefficient (Wildman–Crippen LogP) is 5.41. The van der Waals surface area contributed by atoms with Crippen molar-refractivity contribution in [3.63, 3.8) is 0 Å². The van der Waals surface area contributed by atoms with Crippen molar-refractivity contribution in [1.82, 2.24) is 15.2 Å². The fourth-order valence-electron chi connectivity index (χ4n) is 4.19. The molecule has 2 aromatic heterocycles. The second-order valence-corrected chi connectivity index (χ2v) is 7.45. The van der Waals surface area contributed by atoms with Gasteiger partial charge in [-0.15, -0.1) is 0 Å². The highest BCUT2D eigenvalue weighted by Crippen LogP contribution is 2.36. The lowest BCUT2D eigenvalue weighted by Gasteiger charge is -2.22. The summed E-state index contributed by atoms with van der Waals surface area (Å²) < 4.78 is 5.39. The average molecular weight is 394 g/mol. The van der Waals surface area contributed by atoms with Gasteiger partial charge in [-0.1, -0.05) is 48.5 Å². The van der Waals surface area contributed by atoms with Crippen molar-refractivity contribution in [1.29, 1.82) is 0 Å². The van der Waals surface area contributed by atoms with E-state index in [1.807, 2.05) is 66.7 Å². The zero-order valence-corrected chi connectivity index (χ0v) is 16.0. The third-order valence-electron chi connectivity index (χ3n) is 5.67. The van der Waals surface area contributed by atoms with Gasteiger partial charge >= 0.3 is 6.09 Å². The number of aromatic nitrogens is 3. The normalized spacial score (nSPS) is 16.5. The molecule has 0 bridgehead atoms. The van der Waals surface area contributed by atoms with E-state index in [-0.39, 0.29) is 12.1 Å². The number of ether oxygens (including phenoxy) is 1. The van der Waals surface area contributed by atoms with E-state index in [2.05, 4.69) is 27.3 Å². The van der Waals surface area contributed by atoms with Crippen LogP contribution in [0.4, 0.5) is 10.5 Å². The minimum atomic E-state index is -0.334. The van der Waals surface area contributed by atoms with E-state index in [4.69, 9.17) is 4.74 Å². The third kappa shape index (κ3) is 2.58. The fourth-order valence-corrected chi connectivity index (χ4v) is 4.19. The van der Waals surface area contributed by atoms with Crippen molar-refractivity contribution in [2.75, 3.05) is 11.5 Å². The summed E-state index contributed by atoms with van der Waals surface area (Å²) >= 11 is 0. The van der Waals surface area contributed by atoms with Crippen molar-refractivity contribution in [3.05, 3.63) is 84.4 Å². The number of H-pyrrole nitrogens is 2. The predicted molar refractivity (Wildman–Crippen MR) is 116 cm³/mol. The maximum atomic E-state index is 12.6. The van der Waals surface area contributed by atoms with E-state index < -0.39 is 0 Å². The molecule has 1 aliphatic rings. The largest absolute Gasteiger partial charge is 0.447 e. The van der Waals surface area contributed by atoms with Crippen LogP contribution in [0.1, 0.15) is 11.6 Å². The molecular weight excluding hydrogens is 376 g/mol. The molecule has 30 heavy (non-hydrogen) atoms. The number of rotatable bonds is 3. The smallest absolute Gasteiger partial charge is 0.415 e. The highest BCUT2D eigenvalue weighted by Gasteiger charge is 2.35. The highest BCUT2D eigenvalue weighted by molar-refractivity contribution is 5.99. The lowest BCUT2D eigenvalue weighted by Crippen LogP contribution is -2.27. The molecule has 2 N–H and O–H groups in total. The number of carbonyl (C=O) groups is 1.